The van der Waals surface area contributed by atoms with Gasteiger partial charge in [0.05, 0.1) is 6.04 Å². The first kappa shape index (κ1) is 15.0. The zero-order valence-corrected chi connectivity index (χ0v) is 13.5. The Bertz CT molecular complexity index is 657. The Kier molecular flexibility index (Phi) is 4.39. The normalized spacial score (nSPS) is 20.5. The summed E-state index contributed by atoms with van der Waals surface area (Å²) in [5.74, 6) is 2.19. The van der Waals surface area contributed by atoms with E-state index in [1.165, 1.54) is 17.5 Å². The number of aryl methyl sites for hydroxylation is 2. The van der Waals surface area contributed by atoms with Crippen molar-refractivity contribution >= 4 is 5.82 Å². The van der Waals surface area contributed by atoms with Crippen molar-refractivity contribution in [3.63, 3.8) is 0 Å². The molecule has 4 heteroatoms. The van der Waals surface area contributed by atoms with E-state index in [2.05, 4.69) is 46.5 Å². The van der Waals surface area contributed by atoms with Crippen LogP contribution in [0, 0.1) is 12.8 Å². The number of aromatic nitrogens is 2. The van der Waals surface area contributed by atoms with Crippen LogP contribution in [-0.2, 0) is 17.8 Å². The number of nitrogens with zero attached hydrogens (tertiary/aromatic N) is 2. The molecule has 0 fully saturated rings. The Morgan fingerprint density at radius 3 is 2.91 bits per heavy atom. The molecule has 1 aromatic carbocycles. The van der Waals surface area contributed by atoms with Crippen LogP contribution in [0.15, 0.2) is 30.3 Å². The lowest BCUT2D eigenvalue weighted by atomic mass is 9.81. The minimum atomic E-state index is 0.301. The van der Waals surface area contributed by atoms with E-state index in [-0.39, 0.29) is 0 Å². The third-order valence-electron chi connectivity index (χ3n) is 4.31. The van der Waals surface area contributed by atoms with Gasteiger partial charge < -0.3 is 10.1 Å². The van der Waals surface area contributed by atoms with Crippen LogP contribution in [0.1, 0.15) is 42.0 Å². The minimum absolute atomic E-state index is 0.301. The van der Waals surface area contributed by atoms with Crippen LogP contribution in [-0.4, -0.2) is 17.1 Å². The predicted molar refractivity (Wildman–Crippen MR) is 87.8 cm³/mol. The van der Waals surface area contributed by atoms with Crippen LogP contribution in [0.2, 0.25) is 0 Å². The van der Waals surface area contributed by atoms with Gasteiger partial charge in [0.25, 0.3) is 0 Å². The van der Waals surface area contributed by atoms with Gasteiger partial charge in [-0.3, -0.25) is 0 Å². The molecule has 0 spiro atoms. The van der Waals surface area contributed by atoms with E-state index in [1.807, 2.05) is 13.0 Å². The fraction of sp³-hybridized carbons (Fsp3) is 0.444. The molecule has 2 atom stereocenters. The molecule has 0 saturated heterocycles. The highest BCUT2D eigenvalue weighted by Crippen LogP contribution is 2.36. The van der Waals surface area contributed by atoms with Crippen molar-refractivity contribution in [2.24, 2.45) is 5.92 Å². The van der Waals surface area contributed by atoms with Crippen molar-refractivity contribution in [3.05, 3.63) is 53.0 Å². The van der Waals surface area contributed by atoms with Crippen molar-refractivity contribution in [1.29, 1.82) is 0 Å². The highest BCUT2D eigenvalue weighted by Gasteiger charge is 2.26. The Morgan fingerprint density at radius 1 is 1.27 bits per heavy atom. The number of rotatable bonds is 4. The predicted octanol–water partition coefficient (Wildman–Crippen LogP) is 3.67. The quantitative estimate of drug-likeness (QED) is 0.935. The molecule has 0 amide bonds. The molecule has 1 heterocycles. The molecule has 0 radical (unpaired) electrons. The average molecular weight is 297 g/mol. The number of anilines is 1. The summed E-state index contributed by atoms with van der Waals surface area (Å²) in [4.78, 5) is 8.98. The van der Waals surface area contributed by atoms with E-state index < -0.39 is 0 Å². The van der Waals surface area contributed by atoms with Crippen LogP contribution in [0.3, 0.4) is 0 Å². The minimum Gasteiger partial charge on any atom is -0.377 e. The molecule has 22 heavy (non-hydrogen) atoms. The highest BCUT2D eigenvalue weighted by atomic mass is 16.5. The molecular formula is C18H23N3O. The van der Waals surface area contributed by atoms with Gasteiger partial charge in [-0.15, -0.1) is 0 Å². The van der Waals surface area contributed by atoms with Gasteiger partial charge in [-0.05, 0) is 36.8 Å². The van der Waals surface area contributed by atoms with E-state index in [4.69, 9.17) is 4.74 Å². The number of hydrogen-bond acceptors (Lipinski definition) is 4. The number of methoxy groups -OCH3 is 1. The number of benzene rings is 1. The summed E-state index contributed by atoms with van der Waals surface area (Å²) in [5.41, 5.74) is 3.80. The molecule has 1 aromatic heterocycles. The number of ether oxygens (including phenoxy) is 1. The van der Waals surface area contributed by atoms with Gasteiger partial charge in [-0.1, -0.05) is 31.2 Å². The Morgan fingerprint density at radius 2 is 2.09 bits per heavy atom. The molecule has 3 rings (SSSR count). The maximum atomic E-state index is 5.15. The molecule has 1 aliphatic carbocycles. The Balaban J connectivity index is 1.89. The van der Waals surface area contributed by atoms with Crippen molar-refractivity contribution < 1.29 is 4.74 Å². The number of fused-ring (bicyclic) bond motifs is 1. The van der Waals surface area contributed by atoms with E-state index in [1.54, 1.807) is 7.11 Å². The van der Waals surface area contributed by atoms with Gasteiger partial charge in [0.1, 0.15) is 12.4 Å². The van der Waals surface area contributed by atoms with Crippen LogP contribution in [0.25, 0.3) is 0 Å². The highest BCUT2D eigenvalue weighted by molar-refractivity contribution is 5.43. The topological polar surface area (TPSA) is 47.0 Å². The first-order chi connectivity index (χ1) is 10.7. The second-order valence-electron chi connectivity index (χ2n) is 6.08. The second-order valence-corrected chi connectivity index (χ2v) is 6.08. The van der Waals surface area contributed by atoms with Gasteiger partial charge in [0.15, 0.2) is 5.82 Å². The summed E-state index contributed by atoms with van der Waals surface area (Å²) in [6, 6.07) is 11.0. The van der Waals surface area contributed by atoms with Gasteiger partial charge in [0.2, 0.25) is 0 Å². The molecule has 0 aliphatic heterocycles. The van der Waals surface area contributed by atoms with Crippen molar-refractivity contribution in [1.82, 2.24) is 9.97 Å². The van der Waals surface area contributed by atoms with Crippen LogP contribution < -0.4 is 5.32 Å². The zero-order chi connectivity index (χ0) is 15.5. The van der Waals surface area contributed by atoms with E-state index in [0.717, 1.165) is 23.8 Å². The monoisotopic (exact) mass is 297 g/mol. The SMILES string of the molecule is COCc1nc(C)cc(NC2c3ccccc3CCC2C)n1. The summed E-state index contributed by atoms with van der Waals surface area (Å²) in [5, 5.41) is 3.62. The lowest BCUT2D eigenvalue weighted by molar-refractivity contribution is 0.177. The summed E-state index contributed by atoms with van der Waals surface area (Å²) in [6.45, 7) is 4.73. The molecule has 2 aromatic rings. The third-order valence-corrected chi connectivity index (χ3v) is 4.31. The average Bonchev–Trinajstić information content (AvgIpc) is 2.50. The van der Waals surface area contributed by atoms with Crippen molar-refractivity contribution in [3.8, 4) is 0 Å². The van der Waals surface area contributed by atoms with E-state index in [0.29, 0.717) is 18.6 Å². The number of hydrogen-bond donors (Lipinski definition) is 1. The van der Waals surface area contributed by atoms with E-state index >= 15 is 0 Å². The summed E-state index contributed by atoms with van der Waals surface area (Å²) >= 11 is 0. The van der Waals surface area contributed by atoms with Crippen LogP contribution >= 0.6 is 0 Å². The summed E-state index contributed by atoms with van der Waals surface area (Å²) < 4.78 is 5.15. The molecule has 0 saturated carbocycles. The molecule has 4 nitrogen and oxygen atoms in total. The standard InChI is InChI=1S/C18H23N3O/c1-12-8-9-14-6-4-5-7-15(14)18(12)21-16-10-13(2)19-17(20-16)11-22-3/h4-7,10,12,18H,8-9,11H2,1-3H3,(H,19,20,21). The summed E-state index contributed by atoms with van der Waals surface area (Å²) in [7, 11) is 1.66. The first-order valence-electron chi connectivity index (χ1n) is 7.85. The number of nitrogens with one attached hydrogen (secondary N) is 1. The largest absolute Gasteiger partial charge is 0.377 e. The Labute approximate surface area is 132 Å². The Hall–Kier alpha value is -1.94. The molecular weight excluding hydrogens is 274 g/mol. The molecule has 116 valence electrons. The molecule has 1 aliphatic rings. The van der Waals surface area contributed by atoms with Gasteiger partial charge in [-0.25, -0.2) is 9.97 Å². The molecule has 2 unspecified atom stereocenters. The maximum Gasteiger partial charge on any atom is 0.156 e. The van der Waals surface area contributed by atoms with Crippen molar-refractivity contribution in [2.45, 2.75) is 39.3 Å². The lowest BCUT2D eigenvalue weighted by Gasteiger charge is -2.32. The first-order valence-corrected chi connectivity index (χ1v) is 7.85. The maximum absolute atomic E-state index is 5.15. The van der Waals surface area contributed by atoms with Gasteiger partial charge >= 0.3 is 0 Å². The fourth-order valence-corrected chi connectivity index (χ4v) is 3.20. The van der Waals surface area contributed by atoms with E-state index in [9.17, 15) is 0 Å². The van der Waals surface area contributed by atoms with Crippen LogP contribution in [0.4, 0.5) is 5.82 Å². The van der Waals surface area contributed by atoms with Gasteiger partial charge in [-0.2, -0.15) is 0 Å². The fourth-order valence-electron chi connectivity index (χ4n) is 3.20. The summed E-state index contributed by atoms with van der Waals surface area (Å²) in [6.07, 6.45) is 2.36. The van der Waals surface area contributed by atoms with Gasteiger partial charge in [0, 0.05) is 18.9 Å². The van der Waals surface area contributed by atoms with Crippen LogP contribution in [0.5, 0.6) is 0 Å². The molecule has 0 bridgehead atoms. The molecule has 1 N–H and O–H groups in total. The van der Waals surface area contributed by atoms with Crippen molar-refractivity contribution in [2.75, 3.05) is 12.4 Å². The zero-order valence-electron chi connectivity index (χ0n) is 13.5. The smallest absolute Gasteiger partial charge is 0.156 e. The second kappa shape index (κ2) is 6.44. The lowest BCUT2D eigenvalue weighted by Crippen LogP contribution is -2.25. The third kappa shape index (κ3) is 3.12.